The van der Waals surface area contributed by atoms with E-state index in [1.54, 1.807) is 17.0 Å². The van der Waals surface area contributed by atoms with E-state index in [1.807, 2.05) is 13.8 Å². The molecular formula is C17H25NO5S2. The molecule has 1 amide bonds. The van der Waals surface area contributed by atoms with Crippen molar-refractivity contribution >= 4 is 25.6 Å². The number of likely N-dealkylation sites (tertiary alicyclic amines) is 1. The molecular weight excluding hydrogens is 362 g/mol. The summed E-state index contributed by atoms with van der Waals surface area (Å²) < 4.78 is 47.0. The van der Waals surface area contributed by atoms with Crippen molar-refractivity contribution in [2.24, 2.45) is 5.92 Å². The first-order chi connectivity index (χ1) is 11.5. The van der Waals surface area contributed by atoms with Gasteiger partial charge in [-0.3, -0.25) is 4.79 Å². The van der Waals surface area contributed by atoms with Crippen molar-refractivity contribution in [2.75, 3.05) is 25.1 Å². The smallest absolute Gasteiger partial charge is 0.222 e. The minimum absolute atomic E-state index is 0.0665. The number of hydrogen-bond acceptors (Lipinski definition) is 5. The van der Waals surface area contributed by atoms with E-state index in [1.165, 1.54) is 12.1 Å². The summed E-state index contributed by atoms with van der Waals surface area (Å²) in [5, 5.41) is -0.437. The Kier molecular flexibility index (Phi) is 5.93. The standard InChI is InChI=1S/C17H25NO5S2/c1-13(2)12-25(22,23)16-10-18(11-16)17(19)9-6-14-4-7-15(8-5-14)24(3,20)21/h4-5,7-8,13,16H,6,9-12H2,1-3H3. The van der Waals surface area contributed by atoms with Crippen molar-refractivity contribution in [2.45, 2.75) is 36.8 Å². The van der Waals surface area contributed by atoms with E-state index in [0.29, 0.717) is 6.42 Å². The van der Waals surface area contributed by atoms with Crippen LogP contribution in [0, 0.1) is 5.92 Å². The average molecular weight is 388 g/mol. The maximum Gasteiger partial charge on any atom is 0.222 e. The summed E-state index contributed by atoms with van der Waals surface area (Å²) in [5.74, 6) is 0.180. The Balaban J connectivity index is 1.83. The quantitative estimate of drug-likeness (QED) is 0.704. The molecule has 0 spiro atoms. The molecule has 1 fully saturated rings. The lowest BCUT2D eigenvalue weighted by molar-refractivity contribution is -0.134. The highest BCUT2D eigenvalue weighted by Crippen LogP contribution is 2.20. The first kappa shape index (κ1) is 19.9. The molecule has 1 heterocycles. The zero-order valence-corrected chi connectivity index (χ0v) is 16.4. The molecule has 25 heavy (non-hydrogen) atoms. The molecule has 0 bridgehead atoms. The normalized spacial score (nSPS) is 16.1. The van der Waals surface area contributed by atoms with Crippen LogP contribution < -0.4 is 0 Å². The Morgan fingerprint density at radius 1 is 1.12 bits per heavy atom. The molecule has 1 saturated heterocycles. The highest BCUT2D eigenvalue weighted by molar-refractivity contribution is 7.92. The van der Waals surface area contributed by atoms with Gasteiger partial charge in [-0.1, -0.05) is 26.0 Å². The number of nitrogens with zero attached hydrogens (tertiary/aromatic N) is 1. The van der Waals surface area contributed by atoms with Gasteiger partial charge in [-0.2, -0.15) is 0 Å². The molecule has 1 aliphatic rings. The van der Waals surface area contributed by atoms with Gasteiger partial charge < -0.3 is 4.90 Å². The number of carbonyl (C=O) groups excluding carboxylic acids is 1. The lowest BCUT2D eigenvalue weighted by atomic mass is 10.1. The lowest BCUT2D eigenvalue weighted by Crippen LogP contribution is -2.57. The summed E-state index contributed by atoms with van der Waals surface area (Å²) in [7, 11) is -6.35. The van der Waals surface area contributed by atoms with Gasteiger partial charge in [0.15, 0.2) is 19.7 Å². The number of carbonyl (C=O) groups is 1. The predicted octanol–water partition coefficient (Wildman–Crippen LogP) is 1.30. The second-order valence-corrected chi connectivity index (χ2v) is 11.4. The third-order valence-electron chi connectivity index (χ3n) is 4.25. The molecule has 0 aromatic heterocycles. The van der Waals surface area contributed by atoms with Gasteiger partial charge in [0.25, 0.3) is 0 Å². The molecule has 0 atom stereocenters. The zero-order chi connectivity index (χ0) is 18.8. The summed E-state index contributed by atoms with van der Waals surface area (Å²) in [4.78, 5) is 14.0. The highest BCUT2D eigenvalue weighted by atomic mass is 32.2. The van der Waals surface area contributed by atoms with Crippen LogP contribution in [0.25, 0.3) is 0 Å². The fraction of sp³-hybridized carbons (Fsp3) is 0.588. The van der Waals surface area contributed by atoms with Gasteiger partial charge in [0.05, 0.1) is 15.9 Å². The maximum absolute atomic E-state index is 12.2. The van der Waals surface area contributed by atoms with Crippen LogP contribution in [0.15, 0.2) is 29.2 Å². The molecule has 8 heteroatoms. The van der Waals surface area contributed by atoms with E-state index >= 15 is 0 Å². The van der Waals surface area contributed by atoms with E-state index in [9.17, 15) is 21.6 Å². The van der Waals surface area contributed by atoms with E-state index in [2.05, 4.69) is 0 Å². The van der Waals surface area contributed by atoms with Crippen LogP contribution in [0.4, 0.5) is 0 Å². The van der Waals surface area contributed by atoms with Gasteiger partial charge in [-0.25, -0.2) is 16.8 Å². The molecule has 0 aliphatic carbocycles. The largest absolute Gasteiger partial charge is 0.340 e. The van der Waals surface area contributed by atoms with Crippen LogP contribution >= 0.6 is 0 Å². The number of amides is 1. The van der Waals surface area contributed by atoms with Gasteiger partial charge >= 0.3 is 0 Å². The monoisotopic (exact) mass is 387 g/mol. The second kappa shape index (κ2) is 7.45. The molecule has 2 rings (SSSR count). The van der Waals surface area contributed by atoms with E-state index in [0.717, 1.165) is 11.8 Å². The summed E-state index contributed by atoms with van der Waals surface area (Å²) in [6, 6.07) is 6.48. The van der Waals surface area contributed by atoms with Crippen LogP contribution in [0.1, 0.15) is 25.8 Å². The molecule has 0 radical (unpaired) electrons. The first-order valence-corrected chi connectivity index (χ1v) is 11.9. The van der Waals surface area contributed by atoms with Gasteiger partial charge in [0, 0.05) is 25.8 Å². The Hall–Kier alpha value is -1.41. The van der Waals surface area contributed by atoms with Crippen molar-refractivity contribution in [3.63, 3.8) is 0 Å². The maximum atomic E-state index is 12.2. The SMILES string of the molecule is CC(C)CS(=O)(=O)C1CN(C(=O)CCc2ccc(S(C)(=O)=O)cc2)C1. The van der Waals surface area contributed by atoms with Crippen molar-refractivity contribution in [1.82, 2.24) is 4.90 Å². The molecule has 0 N–H and O–H groups in total. The summed E-state index contributed by atoms with van der Waals surface area (Å²) in [5.41, 5.74) is 0.880. The molecule has 1 aliphatic heterocycles. The fourth-order valence-corrected chi connectivity index (χ4v) is 5.43. The molecule has 1 aromatic carbocycles. The van der Waals surface area contributed by atoms with Crippen LogP contribution in [0.5, 0.6) is 0 Å². The number of aryl methyl sites for hydroxylation is 1. The van der Waals surface area contributed by atoms with Crippen molar-refractivity contribution in [1.29, 1.82) is 0 Å². The summed E-state index contributed by atoms with van der Waals surface area (Å²) in [6.07, 6.45) is 1.94. The van der Waals surface area contributed by atoms with Crippen LogP contribution in [-0.4, -0.2) is 58.0 Å². The van der Waals surface area contributed by atoms with Crippen molar-refractivity contribution < 1.29 is 21.6 Å². The number of hydrogen-bond donors (Lipinski definition) is 0. The zero-order valence-electron chi connectivity index (χ0n) is 14.8. The number of benzene rings is 1. The predicted molar refractivity (Wildman–Crippen MR) is 96.9 cm³/mol. The molecule has 6 nitrogen and oxygen atoms in total. The van der Waals surface area contributed by atoms with E-state index in [4.69, 9.17) is 0 Å². The second-order valence-electron chi connectivity index (χ2n) is 7.06. The van der Waals surface area contributed by atoms with Crippen LogP contribution in [0.3, 0.4) is 0 Å². The van der Waals surface area contributed by atoms with Gasteiger partial charge in [-0.15, -0.1) is 0 Å². The Labute approximate surface area is 150 Å². The van der Waals surface area contributed by atoms with Crippen LogP contribution in [0.2, 0.25) is 0 Å². The first-order valence-electron chi connectivity index (χ1n) is 8.27. The van der Waals surface area contributed by atoms with Gasteiger partial charge in [0.2, 0.25) is 5.91 Å². The highest BCUT2D eigenvalue weighted by Gasteiger charge is 2.39. The van der Waals surface area contributed by atoms with Crippen molar-refractivity contribution in [3.8, 4) is 0 Å². The summed E-state index contributed by atoms with van der Waals surface area (Å²) in [6.45, 7) is 4.30. The summed E-state index contributed by atoms with van der Waals surface area (Å²) >= 11 is 0. The fourth-order valence-electron chi connectivity index (χ4n) is 2.78. The average Bonchev–Trinajstić information content (AvgIpc) is 2.41. The molecule has 140 valence electrons. The third kappa shape index (κ3) is 5.28. The number of rotatable bonds is 7. The van der Waals surface area contributed by atoms with Crippen LogP contribution in [-0.2, 0) is 30.9 Å². The van der Waals surface area contributed by atoms with Gasteiger partial charge in [0.1, 0.15) is 0 Å². The number of sulfone groups is 2. The molecule has 0 unspecified atom stereocenters. The van der Waals surface area contributed by atoms with Crippen molar-refractivity contribution in [3.05, 3.63) is 29.8 Å². The topological polar surface area (TPSA) is 88.6 Å². The Morgan fingerprint density at radius 2 is 1.68 bits per heavy atom. The van der Waals surface area contributed by atoms with Gasteiger partial charge in [-0.05, 0) is 30.0 Å². The Bertz CT molecular complexity index is 820. The minimum Gasteiger partial charge on any atom is -0.340 e. The molecule has 1 aromatic rings. The van der Waals surface area contributed by atoms with E-state index in [-0.39, 0.29) is 42.0 Å². The minimum atomic E-state index is -3.22. The molecule has 0 saturated carbocycles. The van der Waals surface area contributed by atoms with E-state index < -0.39 is 24.9 Å². The third-order valence-corrected chi connectivity index (χ3v) is 7.83. The lowest BCUT2D eigenvalue weighted by Gasteiger charge is -2.39. The Morgan fingerprint density at radius 3 is 2.16 bits per heavy atom.